The Hall–Kier alpha value is -0.830. The molecule has 13 heavy (non-hydrogen) atoms. The maximum absolute atomic E-state index is 11.4. The fourth-order valence-electron chi connectivity index (χ4n) is 1.40. The van der Waals surface area contributed by atoms with Gasteiger partial charge in [0.2, 0.25) is 5.91 Å². The van der Waals surface area contributed by atoms with Crippen LogP contribution in [0.5, 0.6) is 0 Å². The maximum atomic E-state index is 11.4. The van der Waals surface area contributed by atoms with Crippen molar-refractivity contribution in [2.75, 3.05) is 20.1 Å². The minimum atomic E-state index is 0.0216. The fraction of sp³-hybridized carbons (Fsp3) is 0.700. The lowest BCUT2D eigenvalue weighted by atomic mass is 10.2. The third kappa shape index (κ3) is 2.56. The number of likely N-dealkylation sites (tertiary alicyclic amines) is 1. The average molecular weight is 182 g/mol. The number of amides is 1. The van der Waals surface area contributed by atoms with E-state index in [1.54, 1.807) is 4.90 Å². The number of hydrogen-bond donors (Lipinski definition) is 1. The highest BCUT2D eigenvalue weighted by molar-refractivity contribution is 5.83. The quantitative estimate of drug-likeness (QED) is 0.651. The summed E-state index contributed by atoms with van der Waals surface area (Å²) in [5, 5.41) is 3.22. The molecule has 1 aliphatic heterocycles. The Morgan fingerprint density at radius 3 is 2.92 bits per heavy atom. The van der Waals surface area contributed by atoms with Crippen LogP contribution < -0.4 is 5.32 Å². The molecule has 0 aromatic rings. The smallest absolute Gasteiger partial charge is 0.239 e. The van der Waals surface area contributed by atoms with Gasteiger partial charge in [-0.05, 0) is 12.8 Å². The SMILES string of the molecule is C=C(CC)CNC1CCN(C)C1=O. The van der Waals surface area contributed by atoms with Crippen LogP contribution in [-0.2, 0) is 4.79 Å². The third-order valence-corrected chi connectivity index (χ3v) is 2.53. The molecule has 0 spiro atoms. The van der Waals surface area contributed by atoms with Crippen LogP contribution in [0.2, 0.25) is 0 Å². The van der Waals surface area contributed by atoms with Crippen molar-refractivity contribution < 1.29 is 4.79 Å². The van der Waals surface area contributed by atoms with Gasteiger partial charge in [-0.25, -0.2) is 0 Å². The van der Waals surface area contributed by atoms with Gasteiger partial charge >= 0.3 is 0 Å². The van der Waals surface area contributed by atoms with E-state index >= 15 is 0 Å². The van der Waals surface area contributed by atoms with Gasteiger partial charge in [0.25, 0.3) is 0 Å². The molecule has 74 valence electrons. The van der Waals surface area contributed by atoms with Crippen LogP contribution in [0.15, 0.2) is 12.2 Å². The molecule has 1 unspecified atom stereocenters. The maximum Gasteiger partial charge on any atom is 0.239 e. The molecule has 0 aliphatic carbocycles. The largest absolute Gasteiger partial charge is 0.344 e. The summed E-state index contributed by atoms with van der Waals surface area (Å²) in [7, 11) is 1.85. The van der Waals surface area contributed by atoms with Crippen molar-refractivity contribution in [1.29, 1.82) is 0 Å². The van der Waals surface area contributed by atoms with Crippen molar-refractivity contribution in [3.63, 3.8) is 0 Å². The Balaban J connectivity index is 2.30. The predicted octanol–water partition coefficient (Wildman–Crippen LogP) is 0.773. The second-order valence-corrected chi connectivity index (χ2v) is 3.59. The van der Waals surface area contributed by atoms with Gasteiger partial charge in [-0.15, -0.1) is 0 Å². The van der Waals surface area contributed by atoms with Gasteiger partial charge < -0.3 is 10.2 Å². The first-order chi connectivity index (χ1) is 6.15. The highest BCUT2D eigenvalue weighted by Crippen LogP contribution is 2.08. The second kappa shape index (κ2) is 4.42. The molecule has 0 aromatic heterocycles. The van der Waals surface area contributed by atoms with E-state index in [1.807, 2.05) is 7.05 Å². The van der Waals surface area contributed by atoms with Crippen molar-refractivity contribution in [3.05, 3.63) is 12.2 Å². The summed E-state index contributed by atoms with van der Waals surface area (Å²) >= 11 is 0. The van der Waals surface area contributed by atoms with E-state index in [0.29, 0.717) is 0 Å². The molecule has 1 amide bonds. The minimum absolute atomic E-state index is 0.0216. The number of carbonyl (C=O) groups excluding carboxylic acids is 1. The first-order valence-corrected chi connectivity index (χ1v) is 4.80. The van der Waals surface area contributed by atoms with Crippen LogP contribution in [-0.4, -0.2) is 37.0 Å². The van der Waals surface area contributed by atoms with Crippen molar-refractivity contribution in [3.8, 4) is 0 Å². The van der Waals surface area contributed by atoms with Crippen LogP contribution in [0.1, 0.15) is 19.8 Å². The van der Waals surface area contributed by atoms with E-state index in [-0.39, 0.29) is 11.9 Å². The first-order valence-electron chi connectivity index (χ1n) is 4.80. The molecule has 1 fully saturated rings. The van der Waals surface area contributed by atoms with Crippen molar-refractivity contribution in [1.82, 2.24) is 10.2 Å². The molecule has 0 bridgehead atoms. The highest BCUT2D eigenvalue weighted by atomic mass is 16.2. The zero-order valence-corrected chi connectivity index (χ0v) is 8.47. The molecule has 3 heteroatoms. The molecule has 1 N–H and O–H groups in total. The predicted molar refractivity (Wildman–Crippen MR) is 53.5 cm³/mol. The second-order valence-electron chi connectivity index (χ2n) is 3.59. The Labute approximate surface area is 79.8 Å². The van der Waals surface area contributed by atoms with Crippen LogP contribution in [0.3, 0.4) is 0 Å². The number of carbonyl (C=O) groups is 1. The summed E-state index contributed by atoms with van der Waals surface area (Å²) in [6.07, 6.45) is 1.90. The number of hydrogen-bond acceptors (Lipinski definition) is 2. The Morgan fingerprint density at radius 2 is 2.46 bits per heavy atom. The number of nitrogens with zero attached hydrogens (tertiary/aromatic N) is 1. The standard InChI is InChI=1S/C10H18N2O/c1-4-8(2)7-11-9-5-6-12(3)10(9)13/h9,11H,2,4-7H2,1,3H3. The van der Waals surface area contributed by atoms with Crippen molar-refractivity contribution in [2.45, 2.75) is 25.8 Å². The van der Waals surface area contributed by atoms with E-state index in [9.17, 15) is 4.79 Å². The molecular weight excluding hydrogens is 164 g/mol. The van der Waals surface area contributed by atoms with Crippen LogP contribution in [0.4, 0.5) is 0 Å². The van der Waals surface area contributed by atoms with Gasteiger partial charge in [0, 0.05) is 20.1 Å². The monoisotopic (exact) mass is 182 g/mol. The summed E-state index contributed by atoms with van der Waals surface area (Å²) < 4.78 is 0. The van der Waals surface area contributed by atoms with Crippen LogP contribution in [0.25, 0.3) is 0 Å². The van der Waals surface area contributed by atoms with E-state index in [2.05, 4.69) is 18.8 Å². The van der Waals surface area contributed by atoms with Gasteiger partial charge in [-0.2, -0.15) is 0 Å². The summed E-state index contributed by atoms with van der Waals surface area (Å²) in [6.45, 7) is 7.60. The van der Waals surface area contributed by atoms with Crippen LogP contribution >= 0.6 is 0 Å². The fourth-order valence-corrected chi connectivity index (χ4v) is 1.40. The Kier molecular flexibility index (Phi) is 3.48. The zero-order chi connectivity index (χ0) is 9.84. The van der Waals surface area contributed by atoms with E-state index in [1.165, 1.54) is 0 Å². The van der Waals surface area contributed by atoms with E-state index < -0.39 is 0 Å². The van der Waals surface area contributed by atoms with Crippen molar-refractivity contribution >= 4 is 5.91 Å². The molecular formula is C10H18N2O. The Morgan fingerprint density at radius 1 is 1.77 bits per heavy atom. The normalized spacial score (nSPS) is 22.5. The van der Waals surface area contributed by atoms with Gasteiger partial charge in [0.15, 0.2) is 0 Å². The lowest BCUT2D eigenvalue weighted by Gasteiger charge is -2.12. The average Bonchev–Trinajstić information content (AvgIpc) is 2.44. The topological polar surface area (TPSA) is 32.3 Å². The van der Waals surface area contributed by atoms with Gasteiger partial charge in [0.1, 0.15) is 0 Å². The van der Waals surface area contributed by atoms with Crippen LogP contribution in [0, 0.1) is 0 Å². The summed E-state index contributed by atoms with van der Waals surface area (Å²) in [4.78, 5) is 13.2. The Bertz CT molecular complexity index is 213. The summed E-state index contributed by atoms with van der Waals surface area (Å²) in [6, 6.07) is 0.0216. The third-order valence-electron chi connectivity index (χ3n) is 2.53. The molecule has 1 saturated heterocycles. The zero-order valence-electron chi connectivity index (χ0n) is 8.47. The number of rotatable bonds is 4. The van der Waals surface area contributed by atoms with Gasteiger partial charge in [-0.1, -0.05) is 19.1 Å². The van der Waals surface area contributed by atoms with Gasteiger partial charge in [0.05, 0.1) is 6.04 Å². The lowest BCUT2D eigenvalue weighted by Crippen LogP contribution is -2.37. The first kappa shape index (κ1) is 10.3. The summed E-state index contributed by atoms with van der Waals surface area (Å²) in [5.41, 5.74) is 1.15. The molecule has 1 aliphatic rings. The molecule has 0 aromatic carbocycles. The van der Waals surface area contributed by atoms with Gasteiger partial charge in [-0.3, -0.25) is 4.79 Å². The lowest BCUT2D eigenvalue weighted by molar-refractivity contribution is -0.128. The molecule has 1 rings (SSSR count). The molecule has 1 heterocycles. The summed E-state index contributed by atoms with van der Waals surface area (Å²) in [5.74, 6) is 0.212. The minimum Gasteiger partial charge on any atom is -0.344 e. The van der Waals surface area contributed by atoms with E-state index in [0.717, 1.165) is 31.5 Å². The van der Waals surface area contributed by atoms with Crippen molar-refractivity contribution in [2.24, 2.45) is 0 Å². The highest BCUT2D eigenvalue weighted by Gasteiger charge is 2.27. The number of nitrogens with one attached hydrogen (secondary N) is 1. The number of likely N-dealkylation sites (N-methyl/N-ethyl adjacent to an activating group) is 1. The molecule has 0 saturated carbocycles. The molecule has 1 atom stereocenters. The molecule has 0 radical (unpaired) electrons. The molecule has 3 nitrogen and oxygen atoms in total. The van der Waals surface area contributed by atoms with E-state index in [4.69, 9.17) is 0 Å².